The van der Waals surface area contributed by atoms with Crippen molar-refractivity contribution in [2.24, 2.45) is 0 Å². The van der Waals surface area contributed by atoms with Crippen LogP contribution in [0.15, 0.2) is 30.3 Å². The Morgan fingerprint density at radius 3 is 2.09 bits per heavy atom. The van der Waals surface area contributed by atoms with E-state index in [1.54, 1.807) is 18.2 Å². The molecule has 1 aromatic rings. The lowest BCUT2D eigenvalue weighted by Crippen LogP contribution is -2.39. The van der Waals surface area contributed by atoms with Gasteiger partial charge in [-0.3, -0.25) is 4.79 Å². The Labute approximate surface area is 132 Å². The lowest BCUT2D eigenvalue weighted by atomic mass is 10.0. The first-order chi connectivity index (χ1) is 10.6. The van der Waals surface area contributed by atoms with Crippen LogP contribution in [0.3, 0.4) is 0 Å². The molecule has 0 N–H and O–H groups in total. The molecule has 1 atom stereocenters. The molecule has 0 aliphatic heterocycles. The van der Waals surface area contributed by atoms with Crippen LogP contribution in [-0.2, 0) is 0 Å². The quantitative estimate of drug-likeness (QED) is 0.590. The Balaban J connectivity index is 2.50. The first kappa shape index (κ1) is 19.8. The zero-order valence-electron chi connectivity index (χ0n) is 11.6. The zero-order valence-corrected chi connectivity index (χ0v) is 12.4. The molecule has 1 unspecified atom stereocenters. The third-order valence-corrected chi connectivity index (χ3v) is 3.81. The molecule has 1 nitrogen and oxygen atoms in total. The van der Waals surface area contributed by atoms with Crippen molar-refractivity contribution in [3.63, 3.8) is 0 Å². The molecule has 0 saturated carbocycles. The van der Waals surface area contributed by atoms with Gasteiger partial charge in [-0.25, -0.2) is 30.7 Å². The topological polar surface area (TPSA) is 17.1 Å². The van der Waals surface area contributed by atoms with E-state index in [0.717, 1.165) is 0 Å². The Morgan fingerprint density at radius 1 is 1.00 bits per heavy atom. The second-order valence-corrected chi connectivity index (χ2v) is 5.81. The molecule has 0 radical (unpaired) electrons. The highest BCUT2D eigenvalue weighted by Crippen LogP contribution is 2.37. The first-order valence-corrected chi connectivity index (χ1v) is 7.45. The van der Waals surface area contributed by atoms with Crippen molar-refractivity contribution < 1.29 is 35.5 Å². The van der Waals surface area contributed by atoms with Crippen LogP contribution in [0.4, 0.5) is 30.7 Å². The van der Waals surface area contributed by atoms with Crippen LogP contribution in [-0.4, -0.2) is 35.3 Å². The summed E-state index contributed by atoms with van der Waals surface area (Å²) in [7, 11) is 0. The number of carbonyl (C=O) groups excluding carboxylic acids is 1. The number of thioether (sulfide) groups is 1. The van der Waals surface area contributed by atoms with Gasteiger partial charge in [-0.15, -0.1) is 0 Å². The Morgan fingerprint density at radius 2 is 1.57 bits per heavy atom. The van der Waals surface area contributed by atoms with E-state index in [0.29, 0.717) is 11.8 Å². The van der Waals surface area contributed by atoms with Crippen molar-refractivity contribution in [2.45, 2.75) is 37.3 Å². The van der Waals surface area contributed by atoms with Gasteiger partial charge in [-0.1, -0.05) is 42.1 Å². The standard InChI is InChI=1S/C14H13F7OS/c15-10(8-14(20,21)12(16)17)13(18,19)6-7-23-11(22)9-4-2-1-3-5-9/h1-5,10,12H,6-8H2. The lowest BCUT2D eigenvalue weighted by molar-refractivity contribution is -0.170. The molecule has 9 heteroatoms. The molecule has 0 saturated heterocycles. The minimum atomic E-state index is -4.82. The molecule has 0 aliphatic rings. The van der Waals surface area contributed by atoms with Crippen LogP contribution in [0.25, 0.3) is 0 Å². The number of hydrogen-bond donors (Lipinski definition) is 0. The van der Waals surface area contributed by atoms with Crippen LogP contribution in [0.1, 0.15) is 23.2 Å². The highest BCUT2D eigenvalue weighted by molar-refractivity contribution is 8.14. The van der Waals surface area contributed by atoms with Crippen molar-refractivity contribution in [3.05, 3.63) is 35.9 Å². The molecule has 0 aromatic heterocycles. The summed E-state index contributed by atoms with van der Waals surface area (Å²) in [5, 5.41) is -0.533. The number of carbonyl (C=O) groups is 1. The Kier molecular flexibility index (Phi) is 6.91. The summed E-state index contributed by atoms with van der Waals surface area (Å²) >= 11 is 0.477. The molecule has 23 heavy (non-hydrogen) atoms. The summed E-state index contributed by atoms with van der Waals surface area (Å²) in [4.78, 5) is 11.6. The van der Waals surface area contributed by atoms with E-state index in [1.807, 2.05) is 0 Å². The van der Waals surface area contributed by atoms with E-state index < -0.39 is 48.2 Å². The average molecular weight is 362 g/mol. The molecule has 0 spiro atoms. The van der Waals surface area contributed by atoms with Gasteiger partial charge in [0.1, 0.15) is 0 Å². The number of rotatable bonds is 8. The summed E-state index contributed by atoms with van der Waals surface area (Å²) in [5.74, 6) is -9.57. The van der Waals surface area contributed by atoms with Crippen molar-refractivity contribution >= 4 is 16.9 Å². The van der Waals surface area contributed by atoms with Gasteiger partial charge >= 0.3 is 12.3 Å². The molecular formula is C14H13F7OS. The van der Waals surface area contributed by atoms with Gasteiger partial charge in [-0.05, 0) is 0 Å². The largest absolute Gasteiger partial charge is 0.310 e. The second kappa shape index (κ2) is 8.03. The molecular weight excluding hydrogens is 349 g/mol. The summed E-state index contributed by atoms with van der Waals surface area (Å²) in [6, 6.07) is 7.68. The number of hydrogen-bond acceptors (Lipinski definition) is 2. The van der Waals surface area contributed by atoms with Gasteiger partial charge in [0.2, 0.25) is 5.12 Å². The van der Waals surface area contributed by atoms with E-state index in [-0.39, 0.29) is 5.56 Å². The minimum Gasteiger partial charge on any atom is -0.282 e. The fraction of sp³-hybridized carbons (Fsp3) is 0.500. The first-order valence-electron chi connectivity index (χ1n) is 6.46. The minimum absolute atomic E-state index is 0.252. The van der Waals surface area contributed by atoms with Gasteiger partial charge in [0, 0.05) is 17.7 Å². The predicted octanol–water partition coefficient (Wildman–Crippen LogP) is 5.21. The monoisotopic (exact) mass is 362 g/mol. The van der Waals surface area contributed by atoms with Crippen LogP contribution >= 0.6 is 11.8 Å². The molecule has 1 aromatic carbocycles. The van der Waals surface area contributed by atoms with E-state index in [2.05, 4.69) is 0 Å². The smallest absolute Gasteiger partial charge is 0.282 e. The van der Waals surface area contributed by atoms with Gasteiger partial charge in [0.05, 0.1) is 6.42 Å². The van der Waals surface area contributed by atoms with E-state index in [4.69, 9.17) is 0 Å². The van der Waals surface area contributed by atoms with Crippen molar-refractivity contribution in [3.8, 4) is 0 Å². The fourth-order valence-electron chi connectivity index (χ4n) is 1.57. The molecule has 0 amide bonds. The van der Waals surface area contributed by atoms with Crippen LogP contribution < -0.4 is 0 Å². The maximum atomic E-state index is 13.4. The number of alkyl halides is 7. The highest BCUT2D eigenvalue weighted by Gasteiger charge is 2.50. The lowest BCUT2D eigenvalue weighted by Gasteiger charge is -2.24. The number of halogens is 7. The maximum absolute atomic E-state index is 13.4. The number of benzene rings is 1. The Bertz CT molecular complexity index is 507. The molecule has 130 valence electrons. The SMILES string of the molecule is O=C(SCCC(F)(F)C(F)CC(F)(F)C(F)F)c1ccccc1. The van der Waals surface area contributed by atoms with Gasteiger partial charge < -0.3 is 0 Å². The van der Waals surface area contributed by atoms with Crippen LogP contribution in [0.5, 0.6) is 0 Å². The molecule has 0 heterocycles. The van der Waals surface area contributed by atoms with Gasteiger partial charge in [-0.2, -0.15) is 0 Å². The van der Waals surface area contributed by atoms with E-state index in [9.17, 15) is 35.5 Å². The van der Waals surface area contributed by atoms with Crippen LogP contribution in [0, 0.1) is 0 Å². The molecule has 1 rings (SSSR count). The highest BCUT2D eigenvalue weighted by atomic mass is 32.2. The van der Waals surface area contributed by atoms with Gasteiger partial charge in [0.25, 0.3) is 5.92 Å². The Hall–Kier alpha value is -1.25. The fourth-order valence-corrected chi connectivity index (χ4v) is 2.43. The summed E-state index contributed by atoms with van der Waals surface area (Å²) in [5.41, 5.74) is 0.252. The third kappa shape index (κ3) is 6.04. The van der Waals surface area contributed by atoms with Gasteiger partial charge in [0.15, 0.2) is 6.17 Å². The molecule has 0 fully saturated rings. The molecule has 0 aliphatic carbocycles. The third-order valence-electron chi connectivity index (χ3n) is 2.91. The van der Waals surface area contributed by atoms with Crippen molar-refractivity contribution in [1.82, 2.24) is 0 Å². The zero-order chi connectivity index (χ0) is 17.7. The average Bonchev–Trinajstić information content (AvgIpc) is 2.47. The predicted molar refractivity (Wildman–Crippen MR) is 73.3 cm³/mol. The summed E-state index contributed by atoms with van der Waals surface area (Å²) in [6.07, 6.45) is -11.1. The molecule has 0 bridgehead atoms. The van der Waals surface area contributed by atoms with Crippen molar-refractivity contribution in [2.75, 3.05) is 5.75 Å². The summed E-state index contributed by atoms with van der Waals surface area (Å²) in [6.45, 7) is 0. The van der Waals surface area contributed by atoms with E-state index >= 15 is 0 Å². The second-order valence-electron chi connectivity index (χ2n) is 4.75. The van der Waals surface area contributed by atoms with Crippen molar-refractivity contribution in [1.29, 1.82) is 0 Å². The summed E-state index contributed by atoms with van der Waals surface area (Å²) < 4.78 is 89.0. The normalized spacial score (nSPS) is 14.1. The maximum Gasteiger partial charge on any atom is 0.310 e. The van der Waals surface area contributed by atoms with Crippen LogP contribution in [0.2, 0.25) is 0 Å². The van der Waals surface area contributed by atoms with E-state index in [1.165, 1.54) is 12.1 Å².